The normalized spacial score (nSPS) is 11.5. The molecule has 0 bridgehead atoms. The molecule has 0 aliphatic carbocycles. The molecule has 1 N–H and O–H groups in total. The van der Waals surface area contributed by atoms with Gasteiger partial charge in [-0.15, -0.1) is 0 Å². The first-order valence-electron chi connectivity index (χ1n) is 3.18. The number of anilines is 1. The van der Waals surface area contributed by atoms with Gasteiger partial charge in [0, 0.05) is 25.4 Å². The Morgan fingerprint density at radius 3 is 2.38 bits per heavy atom. The van der Waals surface area contributed by atoms with Crippen molar-refractivity contribution in [3.63, 3.8) is 0 Å². The van der Waals surface area contributed by atoms with Crippen LogP contribution in [0.25, 0.3) is 0 Å². The summed E-state index contributed by atoms with van der Waals surface area (Å²) in [4.78, 5) is 0. The van der Waals surface area contributed by atoms with Crippen molar-refractivity contribution < 1.29 is 13.2 Å². The van der Waals surface area contributed by atoms with E-state index in [4.69, 9.17) is 0 Å². The molecule has 0 spiro atoms. The maximum Gasteiger partial charge on any atom is 0.417 e. The van der Waals surface area contributed by atoms with Gasteiger partial charge in [-0.25, -0.2) is 0 Å². The lowest BCUT2D eigenvalue weighted by atomic mass is 10.2. The molecule has 0 saturated heterocycles. The van der Waals surface area contributed by atoms with Gasteiger partial charge in [0.15, 0.2) is 0 Å². The van der Waals surface area contributed by atoms with Crippen LogP contribution in [0.5, 0.6) is 0 Å². The minimum atomic E-state index is -4.30. The van der Waals surface area contributed by atoms with Crippen LogP contribution in [0.4, 0.5) is 18.9 Å². The molecule has 0 aliphatic rings. The average Bonchev–Trinajstić information content (AvgIpc) is 2.03. The van der Waals surface area contributed by atoms with Gasteiger partial charge >= 0.3 is 6.18 Å². The summed E-state index contributed by atoms with van der Waals surface area (Å²) in [5, 5.41) is 0. The standard InChI is InChI=1S/C7H4BrF3IN/c8-13-4-1-2-6(12)5(3-4)7(9,10)11/h1-3,13H. The third-order valence-corrected chi connectivity index (χ3v) is 2.78. The molecule has 0 radical (unpaired) electrons. The van der Waals surface area contributed by atoms with E-state index in [0.29, 0.717) is 5.69 Å². The molecule has 1 rings (SSSR count). The molecule has 1 aromatic rings. The van der Waals surface area contributed by atoms with Crippen LogP contribution in [0.15, 0.2) is 18.2 Å². The molecule has 13 heavy (non-hydrogen) atoms. The average molecular weight is 366 g/mol. The third kappa shape index (κ3) is 2.73. The molecule has 72 valence electrons. The zero-order chi connectivity index (χ0) is 10.1. The molecule has 1 nitrogen and oxygen atoms in total. The van der Waals surface area contributed by atoms with E-state index in [1.165, 1.54) is 6.07 Å². The van der Waals surface area contributed by atoms with Crippen molar-refractivity contribution >= 4 is 44.4 Å². The smallest absolute Gasteiger partial charge is 0.322 e. The number of rotatable bonds is 1. The number of hydrogen-bond donors (Lipinski definition) is 1. The molecule has 0 fully saturated rings. The molecule has 0 saturated carbocycles. The molecule has 6 heteroatoms. The molecule has 0 amide bonds. The SMILES string of the molecule is FC(F)(F)c1cc(NBr)ccc1I. The first kappa shape index (κ1) is 11.1. The first-order valence-corrected chi connectivity index (χ1v) is 5.05. The van der Waals surface area contributed by atoms with E-state index >= 15 is 0 Å². The minimum Gasteiger partial charge on any atom is -0.322 e. The fourth-order valence-electron chi connectivity index (χ4n) is 0.801. The Hall–Kier alpha value is 0.0200. The largest absolute Gasteiger partial charge is 0.417 e. The van der Waals surface area contributed by atoms with Crippen molar-refractivity contribution in [1.82, 2.24) is 0 Å². The fraction of sp³-hybridized carbons (Fsp3) is 0.143. The highest BCUT2D eigenvalue weighted by Gasteiger charge is 2.32. The molecule has 0 unspecified atom stereocenters. The van der Waals surface area contributed by atoms with E-state index in [9.17, 15) is 13.2 Å². The van der Waals surface area contributed by atoms with Gasteiger partial charge in [0.05, 0.1) is 5.56 Å². The van der Waals surface area contributed by atoms with E-state index in [1.807, 2.05) is 0 Å². The van der Waals surface area contributed by atoms with Crippen LogP contribution in [-0.4, -0.2) is 0 Å². The number of hydrogen-bond acceptors (Lipinski definition) is 1. The summed E-state index contributed by atoms with van der Waals surface area (Å²) in [6, 6.07) is 4.02. The van der Waals surface area contributed by atoms with Gasteiger partial charge in [-0.05, 0) is 40.8 Å². The van der Waals surface area contributed by atoms with E-state index in [1.54, 1.807) is 28.7 Å². The molecular weight excluding hydrogens is 362 g/mol. The highest BCUT2D eigenvalue weighted by molar-refractivity contribution is 14.1. The van der Waals surface area contributed by atoms with Crippen LogP contribution in [0, 0.1) is 3.57 Å². The van der Waals surface area contributed by atoms with Crippen LogP contribution >= 0.6 is 38.7 Å². The van der Waals surface area contributed by atoms with Gasteiger partial charge in [0.1, 0.15) is 0 Å². The zero-order valence-corrected chi connectivity index (χ0v) is 9.87. The molecular formula is C7H4BrF3IN. The summed E-state index contributed by atoms with van der Waals surface area (Å²) in [5.41, 5.74) is -0.245. The second-order valence-electron chi connectivity index (χ2n) is 2.29. The second kappa shape index (κ2) is 4.04. The fourth-order valence-corrected chi connectivity index (χ4v) is 1.69. The van der Waals surface area contributed by atoms with Crippen LogP contribution < -0.4 is 4.34 Å². The topological polar surface area (TPSA) is 12.0 Å². The Balaban J connectivity index is 3.19. The van der Waals surface area contributed by atoms with Crippen LogP contribution in [0.2, 0.25) is 0 Å². The summed E-state index contributed by atoms with van der Waals surface area (Å²) in [7, 11) is 0. The number of halogens is 5. The van der Waals surface area contributed by atoms with E-state index in [2.05, 4.69) is 20.5 Å². The van der Waals surface area contributed by atoms with Gasteiger partial charge < -0.3 is 4.34 Å². The van der Waals surface area contributed by atoms with Gasteiger partial charge in [-0.1, -0.05) is 0 Å². The van der Waals surface area contributed by atoms with Crippen molar-refractivity contribution in [3.05, 3.63) is 27.3 Å². The predicted molar refractivity (Wildman–Crippen MR) is 56.7 cm³/mol. The zero-order valence-electron chi connectivity index (χ0n) is 6.12. The minimum absolute atomic E-state index is 0.191. The van der Waals surface area contributed by atoms with E-state index < -0.39 is 11.7 Å². The molecule has 0 heterocycles. The maximum absolute atomic E-state index is 12.3. The molecule has 0 aromatic heterocycles. The van der Waals surface area contributed by atoms with Crippen LogP contribution in [-0.2, 0) is 6.18 Å². The Kier molecular flexibility index (Phi) is 3.44. The van der Waals surface area contributed by atoms with E-state index in [0.717, 1.165) is 6.07 Å². The summed E-state index contributed by atoms with van der Waals surface area (Å²) < 4.78 is 39.6. The van der Waals surface area contributed by atoms with Gasteiger partial charge in [0.25, 0.3) is 0 Å². The maximum atomic E-state index is 12.3. The summed E-state index contributed by atoms with van der Waals surface area (Å²) in [6.07, 6.45) is -4.30. The van der Waals surface area contributed by atoms with Crippen LogP contribution in [0.1, 0.15) is 5.56 Å². The highest BCUT2D eigenvalue weighted by Crippen LogP contribution is 2.34. The van der Waals surface area contributed by atoms with Crippen molar-refractivity contribution in [3.8, 4) is 0 Å². The lowest BCUT2D eigenvalue weighted by Crippen LogP contribution is -2.07. The van der Waals surface area contributed by atoms with Gasteiger partial charge in [-0.2, -0.15) is 13.2 Å². The number of benzene rings is 1. The highest BCUT2D eigenvalue weighted by atomic mass is 127. The Morgan fingerprint density at radius 2 is 1.92 bits per heavy atom. The van der Waals surface area contributed by atoms with Crippen molar-refractivity contribution in [1.29, 1.82) is 0 Å². The van der Waals surface area contributed by atoms with Crippen molar-refractivity contribution in [2.45, 2.75) is 6.18 Å². The lowest BCUT2D eigenvalue weighted by Gasteiger charge is -2.10. The molecule has 1 aromatic carbocycles. The van der Waals surface area contributed by atoms with Gasteiger partial charge in [0.2, 0.25) is 0 Å². The predicted octanol–water partition coefficient (Wildman–Crippen LogP) is 4.03. The third-order valence-electron chi connectivity index (χ3n) is 1.38. The first-order chi connectivity index (χ1) is 5.95. The van der Waals surface area contributed by atoms with Gasteiger partial charge in [-0.3, -0.25) is 0 Å². The van der Waals surface area contributed by atoms with Crippen molar-refractivity contribution in [2.75, 3.05) is 4.34 Å². The summed E-state index contributed by atoms with van der Waals surface area (Å²) in [6.45, 7) is 0. The van der Waals surface area contributed by atoms with Crippen LogP contribution in [0.3, 0.4) is 0 Å². The Bertz CT molecular complexity index is 313. The lowest BCUT2D eigenvalue weighted by molar-refractivity contribution is -0.138. The summed E-state index contributed by atoms with van der Waals surface area (Å²) in [5.74, 6) is 0. The summed E-state index contributed by atoms with van der Waals surface area (Å²) >= 11 is 4.52. The number of nitrogens with one attached hydrogen (secondary N) is 1. The molecule has 0 atom stereocenters. The molecule has 0 aliphatic heterocycles. The quantitative estimate of drug-likeness (QED) is 0.585. The Labute approximate surface area is 95.2 Å². The van der Waals surface area contributed by atoms with Crippen molar-refractivity contribution in [2.24, 2.45) is 0 Å². The number of alkyl halides is 3. The second-order valence-corrected chi connectivity index (χ2v) is 3.85. The van der Waals surface area contributed by atoms with E-state index in [-0.39, 0.29) is 3.57 Å². The Morgan fingerprint density at radius 1 is 1.31 bits per heavy atom. The monoisotopic (exact) mass is 365 g/mol.